The zero-order valence-corrected chi connectivity index (χ0v) is 14.0. The van der Waals surface area contributed by atoms with Gasteiger partial charge in [-0.3, -0.25) is 0 Å². The fourth-order valence-corrected chi connectivity index (χ4v) is 4.44. The van der Waals surface area contributed by atoms with E-state index in [1.54, 1.807) is 6.92 Å². The smallest absolute Gasteiger partial charge is 0.0762 e. The summed E-state index contributed by atoms with van der Waals surface area (Å²) in [5, 5.41) is 11.9. The lowest BCUT2D eigenvalue weighted by Crippen LogP contribution is -2.33. The Kier molecular flexibility index (Phi) is 3.89. The van der Waals surface area contributed by atoms with E-state index in [2.05, 4.69) is 45.3 Å². The van der Waals surface area contributed by atoms with Gasteiger partial charge in [-0.05, 0) is 70.9 Å². The molecule has 1 aromatic carbocycles. The molecule has 3 rings (SSSR count). The maximum atomic E-state index is 9.67. The molecule has 2 atom stereocenters. The topological polar surface area (TPSA) is 23.5 Å². The summed E-state index contributed by atoms with van der Waals surface area (Å²) in [4.78, 5) is 3.95. The second-order valence-electron chi connectivity index (χ2n) is 5.31. The lowest BCUT2D eigenvalue weighted by atomic mass is 10.00. The highest BCUT2D eigenvalue weighted by Crippen LogP contribution is 2.39. The molecule has 2 heterocycles. The normalized spacial score (nSPS) is 19.8. The van der Waals surface area contributed by atoms with E-state index in [1.807, 2.05) is 23.5 Å². The van der Waals surface area contributed by atoms with E-state index >= 15 is 0 Å². The first kappa shape index (κ1) is 14.1. The quantitative estimate of drug-likeness (QED) is 0.848. The van der Waals surface area contributed by atoms with Gasteiger partial charge in [-0.2, -0.15) is 0 Å². The molecular formula is C16H18BrNOS. The Bertz CT molecular complexity index is 623. The summed E-state index contributed by atoms with van der Waals surface area (Å²) >= 11 is 5.52. The fourth-order valence-electron chi connectivity index (χ4n) is 2.85. The van der Waals surface area contributed by atoms with Crippen molar-refractivity contribution >= 4 is 33.0 Å². The third-order valence-electron chi connectivity index (χ3n) is 4.04. The van der Waals surface area contributed by atoms with Gasteiger partial charge >= 0.3 is 0 Å². The molecule has 0 saturated heterocycles. The highest BCUT2D eigenvalue weighted by molar-refractivity contribution is 9.10. The van der Waals surface area contributed by atoms with Gasteiger partial charge in [0.05, 0.1) is 17.8 Å². The standard InChI is InChI=1S/C16H18BrNOS/c1-10-13-6-8-20-16(13)5-7-18(10)15-4-3-12(11(2)19)9-14(15)17/h3-4,6,8-11,19H,5,7H2,1-2H3/t10?,11-/m1/s1. The number of hydrogen-bond donors (Lipinski definition) is 1. The van der Waals surface area contributed by atoms with E-state index in [0.717, 1.165) is 23.0 Å². The molecule has 20 heavy (non-hydrogen) atoms. The molecule has 2 aromatic rings. The summed E-state index contributed by atoms with van der Waals surface area (Å²) in [7, 11) is 0. The Balaban J connectivity index is 1.94. The minimum atomic E-state index is -0.428. The summed E-state index contributed by atoms with van der Waals surface area (Å²) in [6.45, 7) is 5.10. The summed E-state index contributed by atoms with van der Waals surface area (Å²) in [6.07, 6.45) is 0.685. The minimum Gasteiger partial charge on any atom is -0.389 e. The SMILES string of the molecule is CC1c2ccsc2CCN1c1ccc([C@@H](C)O)cc1Br. The Morgan fingerprint density at radius 2 is 2.20 bits per heavy atom. The molecule has 0 fully saturated rings. The van der Waals surface area contributed by atoms with Crippen molar-refractivity contribution in [2.24, 2.45) is 0 Å². The number of halogens is 1. The van der Waals surface area contributed by atoms with Crippen molar-refractivity contribution < 1.29 is 5.11 Å². The van der Waals surface area contributed by atoms with Crippen molar-refractivity contribution in [3.8, 4) is 0 Å². The van der Waals surface area contributed by atoms with Gasteiger partial charge in [-0.1, -0.05) is 6.07 Å². The van der Waals surface area contributed by atoms with Crippen molar-refractivity contribution in [2.45, 2.75) is 32.4 Å². The molecule has 1 aliphatic rings. The van der Waals surface area contributed by atoms with Crippen molar-refractivity contribution in [1.29, 1.82) is 0 Å². The molecule has 1 unspecified atom stereocenters. The number of thiophene rings is 1. The summed E-state index contributed by atoms with van der Waals surface area (Å²) in [5.41, 5.74) is 3.60. The number of hydrogen-bond acceptors (Lipinski definition) is 3. The van der Waals surface area contributed by atoms with Crippen LogP contribution in [0.25, 0.3) is 0 Å². The summed E-state index contributed by atoms with van der Waals surface area (Å²) < 4.78 is 1.06. The van der Waals surface area contributed by atoms with Gasteiger partial charge < -0.3 is 10.0 Å². The van der Waals surface area contributed by atoms with Crippen molar-refractivity contribution in [1.82, 2.24) is 0 Å². The van der Waals surface area contributed by atoms with Crippen LogP contribution in [0, 0.1) is 0 Å². The van der Waals surface area contributed by atoms with Crippen LogP contribution in [-0.4, -0.2) is 11.7 Å². The molecule has 1 aromatic heterocycles. The summed E-state index contributed by atoms with van der Waals surface area (Å²) in [5.74, 6) is 0. The zero-order chi connectivity index (χ0) is 14.3. The molecule has 2 nitrogen and oxygen atoms in total. The summed E-state index contributed by atoms with van der Waals surface area (Å²) in [6, 6.07) is 8.80. The van der Waals surface area contributed by atoms with Crippen LogP contribution in [0.15, 0.2) is 34.1 Å². The molecule has 106 valence electrons. The number of aliphatic hydroxyl groups is 1. The molecule has 1 N–H and O–H groups in total. The maximum absolute atomic E-state index is 9.67. The van der Waals surface area contributed by atoms with Gasteiger partial charge in [0.2, 0.25) is 0 Å². The lowest BCUT2D eigenvalue weighted by Gasteiger charge is -2.36. The van der Waals surface area contributed by atoms with E-state index in [-0.39, 0.29) is 0 Å². The molecule has 0 spiro atoms. The van der Waals surface area contributed by atoms with Crippen LogP contribution in [0.2, 0.25) is 0 Å². The first-order chi connectivity index (χ1) is 9.58. The molecule has 0 radical (unpaired) electrons. The van der Waals surface area contributed by atoms with E-state index in [1.165, 1.54) is 16.1 Å². The number of aliphatic hydroxyl groups excluding tert-OH is 1. The maximum Gasteiger partial charge on any atom is 0.0762 e. The minimum absolute atomic E-state index is 0.402. The van der Waals surface area contributed by atoms with Crippen molar-refractivity contribution in [3.63, 3.8) is 0 Å². The number of anilines is 1. The number of rotatable bonds is 2. The average Bonchev–Trinajstić information content (AvgIpc) is 2.89. The second-order valence-corrected chi connectivity index (χ2v) is 7.16. The Morgan fingerprint density at radius 1 is 1.40 bits per heavy atom. The third kappa shape index (κ3) is 2.41. The van der Waals surface area contributed by atoms with Gasteiger partial charge in [0.25, 0.3) is 0 Å². The number of nitrogens with zero attached hydrogens (tertiary/aromatic N) is 1. The molecule has 4 heteroatoms. The molecule has 1 aliphatic heterocycles. The van der Waals surface area contributed by atoms with Crippen molar-refractivity contribution in [3.05, 3.63) is 50.1 Å². The van der Waals surface area contributed by atoms with Crippen molar-refractivity contribution in [2.75, 3.05) is 11.4 Å². The van der Waals surface area contributed by atoms with Gasteiger partial charge in [0.1, 0.15) is 0 Å². The van der Waals surface area contributed by atoms with E-state index in [9.17, 15) is 5.11 Å². The molecule has 0 amide bonds. The number of fused-ring (bicyclic) bond motifs is 1. The predicted molar refractivity (Wildman–Crippen MR) is 88.6 cm³/mol. The van der Waals surface area contributed by atoms with E-state index < -0.39 is 6.10 Å². The van der Waals surface area contributed by atoms with Gasteiger partial charge in [-0.15, -0.1) is 11.3 Å². The molecule has 0 saturated carbocycles. The molecule has 0 bridgehead atoms. The van der Waals surface area contributed by atoms with Gasteiger partial charge in [0.15, 0.2) is 0 Å². The van der Waals surface area contributed by atoms with Gasteiger partial charge in [-0.25, -0.2) is 0 Å². The Hall–Kier alpha value is -0.840. The third-order valence-corrected chi connectivity index (χ3v) is 5.67. The van der Waals surface area contributed by atoms with Crippen LogP contribution in [0.5, 0.6) is 0 Å². The second kappa shape index (κ2) is 5.51. The van der Waals surface area contributed by atoms with Crippen LogP contribution in [-0.2, 0) is 6.42 Å². The first-order valence-electron chi connectivity index (χ1n) is 6.88. The van der Waals surface area contributed by atoms with Crippen LogP contribution < -0.4 is 4.90 Å². The highest BCUT2D eigenvalue weighted by Gasteiger charge is 2.26. The monoisotopic (exact) mass is 351 g/mol. The lowest BCUT2D eigenvalue weighted by molar-refractivity contribution is 0.199. The fraction of sp³-hybridized carbons (Fsp3) is 0.375. The largest absolute Gasteiger partial charge is 0.389 e. The van der Waals surface area contributed by atoms with Crippen LogP contribution in [0.3, 0.4) is 0 Å². The molecular weight excluding hydrogens is 334 g/mol. The van der Waals surface area contributed by atoms with Crippen LogP contribution in [0.1, 0.15) is 42.0 Å². The highest BCUT2D eigenvalue weighted by atomic mass is 79.9. The predicted octanol–water partition coefficient (Wildman–Crippen LogP) is 4.69. The Labute approximate surface area is 132 Å². The molecule has 0 aliphatic carbocycles. The zero-order valence-electron chi connectivity index (χ0n) is 11.6. The number of benzene rings is 1. The van der Waals surface area contributed by atoms with Crippen LogP contribution in [0.4, 0.5) is 5.69 Å². The van der Waals surface area contributed by atoms with Crippen LogP contribution >= 0.6 is 27.3 Å². The van der Waals surface area contributed by atoms with E-state index in [4.69, 9.17) is 0 Å². The van der Waals surface area contributed by atoms with E-state index in [0.29, 0.717) is 6.04 Å². The Morgan fingerprint density at radius 3 is 2.90 bits per heavy atom. The average molecular weight is 352 g/mol. The first-order valence-corrected chi connectivity index (χ1v) is 8.55. The van der Waals surface area contributed by atoms with Gasteiger partial charge in [0, 0.05) is 15.9 Å².